The highest BCUT2D eigenvalue weighted by atomic mass is 16.5. The maximum absolute atomic E-state index is 9.90. The number of carboxylic acid groups (broad SMARTS) is 2. The minimum atomic E-state index is -1.12. The first-order valence-electron chi connectivity index (χ1n) is 15.4. The van der Waals surface area contributed by atoms with Gasteiger partial charge in [0.15, 0.2) is 6.29 Å². The van der Waals surface area contributed by atoms with Crippen molar-refractivity contribution in [1.29, 1.82) is 0 Å². The van der Waals surface area contributed by atoms with Crippen molar-refractivity contribution >= 4 is 11.9 Å². The van der Waals surface area contributed by atoms with Gasteiger partial charge in [-0.3, -0.25) is 9.59 Å². The Morgan fingerprint density at radius 1 is 0.675 bits per heavy atom. The first kappa shape index (κ1) is 40.8. The van der Waals surface area contributed by atoms with Crippen LogP contribution in [0.1, 0.15) is 130 Å². The number of aliphatic carboxylic acids is 2. The number of rotatable bonds is 13. The number of nitrogens with two attached hydrogens (primary N) is 2. The number of aliphatic hydroxyl groups excluding tert-OH is 3. The molecule has 2 aliphatic carbocycles. The molecule has 10 heteroatoms. The summed E-state index contributed by atoms with van der Waals surface area (Å²) in [6, 6.07) is 0. The molecule has 0 unspecified atom stereocenters. The largest absolute Gasteiger partial charge is 0.481 e. The van der Waals surface area contributed by atoms with Crippen LogP contribution in [0.15, 0.2) is 0 Å². The van der Waals surface area contributed by atoms with Crippen molar-refractivity contribution in [3.05, 3.63) is 0 Å². The number of unbranched alkanes of at least 4 members (excludes halogenated alkanes) is 4. The van der Waals surface area contributed by atoms with Crippen molar-refractivity contribution < 1.29 is 40.2 Å². The number of hydrogen-bond acceptors (Lipinski definition) is 8. The Balaban J connectivity index is 0. The monoisotopic (exact) mass is 578 g/mol. The molecule has 0 atom stereocenters. The van der Waals surface area contributed by atoms with Crippen LogP contribution >= 0.6 is 0 Å². The number of carbonyl (C=O) groups is 2. The second kappa shape index (κ2) is 25.4. The fraction of sp³-hybridized carbons (Fsp3) is 0.933. The van der Waals surface area contributed by atoms with E-state index in [2.05, 4.69) is 13.8 Å². The van der Waals surface area contributed by atoms with E-state index in [1.165, 1.54) is 38.5 Å². The van der Waals surface area contributed by atoms with Crippen molar-refractivity contribution in [2.45, 2.75) is 148 Å². The van der Waals surface area contributed by atoms with Crippen LogP contribution in [0.5, 0.6) is 0 Å². The molecule has 10 N–H and O–H groups in total. The summed E-state index contributed by atoms with van der Waals surface area (Å²) >= 11 is 0. The summed E-state index contributed by atoms with van der Waals surface area (Å²) in [5.41, 5.74) is 10.9. The molecule has 0 bridgehead atoms. The number of hydrogen-bond donors (Lipinski definition) is 8. The van der Waals surface area contributed by atoms with E-state index in [-0.39, 0.29) is 25.0 Å². The molecular weight excluding hydrogens is 516 g/mol. The highest BCUT2D eigenvalue weighted by Gasteiger charge is 2.39. The van der Waals surface area contributed by atoms with Crippen molar-refractivity contribution in [3.63, 3.8) is 0 Å². The Morgan fingerprint density at radius 2 is 0.975 bits per heavy atom. The normalized spacial score (nSPS) is 22.6. The molecule has 0 radical (unpaired) electrons. The summed E-state index contributed by atoms with van der Waals surface area (Å²) in [6.07, 6.45) is 13.7. The number of carboxylic acids is 2. The van der Waals surface area contributed by atoms with Gasteiger partial charge in [0.1, 0.15) is 0 Å². The molecule has 40 heavy (non-hydrogen) atoms. The third-order valence-corrected chi connectivity index (χ3v) is 8.05. The molecule has 0 heterocycles. The third-order valence-electron chi connectivity index (χ3n) is 8.05. The Morgan fingerprint density at radius 3 is 1.20 bits per heavy atom. The van der Waals surface area contributed by atoms with E-state index in [0.29, 0.717) is 24.7 Å². The van der Waals surface area contributed by atoms with Gasteiger partial charge in [-0.15, -0.1) is 0 Å². The average molecular weight is 579 g/mol. The van der Waals surface area contributed by atoms with Gasteiger partial charge in [0.2, 0.25) is 0 Å². The zero-order chi connectivity index (χ0) is 31.0. The summed E-state index contributed by atoms with van der Waals surface area (Å²) in [5.74, 6) is -0.201. The van der Waals surface area contributed by atoms with Crippen LogP contribution in [0.3, 0.4) is 0 Å². The summed E-state index contributed by atoms with van der Waals surface area (Å²) in [4.78, 5) is 19.8. The van der Waals surface area contributed by atoms with Gasteiger partial charge in [-0.2, -0.15) is 0 Å². The average Bonchev–Trinajstić information content (AvgIpc) is 2.90. The van der Waals surface area contributed by atoms with Crippen LogP contribution in [0.25, 0.3) is 0 Å². The fourth-order valence-corrected chi connectivity index (χ4v) is 5.17. The van der Waals surface area contributed by atoms with Crippen LogP contribution in [0.4, 0.5) is 0 Å². The molecule has 0 saturated heterocycles. The molecular formula is C30H62N2O8. The first-order valence-corrected chi connectivity index (χ1v) is 15.4. The van der Waals surface area contributed by atoms with Gasteiger partial charge < -0.3 is 42.1 Å². The summed E-state index contributed by atoms with van der Waals surface area (Å²) in [5, 5.41) is 51.3. The topological polar surface area (TPSA) is 208 Å². The predicted molar refractivity (Wildman–Crippen MR) is 159 cm³/mol. The quantitative estimate of drug-likeness (QED) is 0.116. The second-order valence-corrected chi connectivity index (χ2v) is 11.7. The lowest BCUT2D eigenvalue weighted by Crippen LogP contribution is -2.38. The van der Waals surface area contributed by atoms with Crippen molar-refractivity contribution in [2.75, 3.05) is 13.1 Å². The Bertz CT molecular complexity index is 557. The molecule has 10 nitrogen and oxygen atoms in total. The highest BCUT2D eigenvalue weighted by Crippen LogP contribution is 2.48. The van der Waals surface area contributed by atoms with Gasteiger partial charge in [0, 0.05) is 12.8 Å². The van der Waals surface area contributed by atoms with Gasteiger partial charge in [-0.25, -0.2) is 0 Å². The van der Waals surface area contributed by atoms with E-state index in [9.17, 15) is 19.8 Å². The lowest BCUT2D eigenvalue weighted by atomic mass is 9.60. The molecule has 2 rings (SSSR count). The summed E-state index contributed by atoms with van der Waals surface area (Å²) < 4.78 is 0. The molecule has 2 saturated carbocycles. The molecule has 0 aromatic heterocycles. The smallest absolute Gasteiger partial charge is 0.303 e. The van der Waals surface area contributed by atoms with Gasteiger partial charge in [-0.05, 0) is 114 Å². The van der Waals surface area contributed by atoms with Crippen LogP contribution in [0, 0.1) is 17.3 Å². The van der Waals surface area contributed by atoms with Crippen molar-refractivity contribution in [1.82, 2.24) is 0 Å². The van der Waals surface area contributed by atoms with Crippen LogP contribution in [0.2, 0.25) is 0 Å². The zero-order valence-electron chi connectivity index (χ0n) is 25.5. The minimum absolute atomic E-state index is 0.0461. The molecule has 2 aliphatic rings. The standard InChI is InChI=1S/C15H28O2.C6H16N2.C6H10O4.C3H8O2/c1-15(2,11-3-7-13(16)8-4-11)12-5-9-14(17)10-6-12;7-5-3-1-2-4-6-8;7-5(8)3-1-2-4-6(9)10;1-2-3(4)5/h11-14,16-17H,3-10H2,1-2H3;1-8H2;1-4H2,(H,7,8)(H,9,10);3-5H,2H2,1H3. The van der Waals surface area contributed by atoms with Crippen LogP contribution in [-0.2, 0) is 9.59 Å². The van der Waals surface area contributed by atoms with Gasteiger partial charge >= 0.3 is 11.9 Å². The number of aliphatic hydroxyl groups is 4. The molecule has 0 amide bonds. The van der Waals surface area contributed by atoms with Crippen LogP contribution < -0.4 is 11.5 Å². The predicted octanol–water partition coefficient (Wildman–Crippen LogP) is 4.00. The lowest BCUT2D eigenvalue weighted by molar-refractivity contribution is -0.139. The molecule has 0 aliphatic heterocycles. The fourth-order valence-electron chi connectivity index (χ4n) is 5.17. The van der Waals surface area contributed by atoms with Crippen molar-refractivity contribution in [2.24, 2.45) is 28.7 Å². The maximum atomic E-state index is 9.90. The molecule has 0 aromatic carbocycles. The molecule has 240 valence electrons. The molecule has 0 aromatic rings. The zero-order valence-corrected chi connectivity index (χ0v) is 25.5. The Kier molecular flexibility index (Phi) is 25.9. The summed E-state index contributed by atoms with van der Waals surface area (Å²) in [7, 11) is 0. The first-order chi connectivity index (χ1) is 18.8. The van der Waals surface area contributed by atoms with Crippen molar-refractivity contribution in [3.8, 4) is 0 Å². The second-order valence-electron chi connectivity index (χ2n) is 11.7. The lowest BCUT2D eigenvalue weighted by Gasteiger charge is -2.46. The van der Waals surface area contributed by atoms with E-state index in [4.69, 9.17) is 31.9 Å². The highest BCUT2D eigenvalue weighted by molar-refractivity contribution is 5.67. The molecule has 0 spiro atoms. The Hall–Kier alpha value is -1.30. The Labute approximate surface area is 242 Å². The van der Waals surface area contributed by atoms with Crippen LogP contribution in [-0.4, -0.2) is 74.2 Å². The van der Waals surface area contributed by atoms with E-state index in [1.807, 2.05) is 0 Å². The van der Waals surface area contributed by atoms with E-state index in [1.54, 1.807) is 6.92 Å². The van der Waals surface area contributed by atoms with E-state index >= 15 is 0 Å². The van der Waals surface area contributed by atoms with Gasteiger partial charge in [-0.1, -0.05) is 33.6 Å². The SMILES string of the molecule is CC(C)(C1CCC(O)CC1)C1CCC(O)CC1.CCC(O)O.NCCCCCCN.O=C(O)CCCCC(=O)O. The maximum Gasteiger partial charge on any atom is 0.303 e. The minimum Gasteiger partial charge on any atom is -0.481 e. The third kappa shape index (κ3) is 23.4. The van der Waals surface area contributed by atoms with Gasteiger partial charge in [0.05, 0.1) is 12.2 Å². The molecule has 2 fully saturated rings. The van der Waals surface area contributed by atoms with E-state index in [0.717, 1.165) is 63.5 Å². The van der Waals surface area contributed by atoms with E-state index < -0.39 is 18.2 Å². The summed E-state index contributed by atoms with van der Waals surface area (Å²) in [6.45, 7) is 8.18. The van der Waals surface area contributed by atoms with Gasteiger partial charge in [0.25, 0.3) is 0 Å².